The van der Waals surface area contributed by atoms with E-state index in [1.807, 2.05) is 0 Å². The van der Waals surface area contributed by atoms with Gasteiger partial charge in [-0.15, -0.1) is 0 Å². The van der Waals surface area contributed by atoms with Gasteiger partial charge in [-0.1, -0.05) is 6.92 Å². The lowest BCUT2D eigenvalue weighted by atomic mass is 10.4. The minimum absolute atomic E-state index is 0.265. The lowest BCUT2D eigenvalue weighted by Crippen LogP contribution is -2.26. The molecule has 6 heteroatoms. The zero-order valence-corrected chi connectivity index (χ0v) is 12.3. The van der Waals surface area contributed by atoms with E-state index in [2.05, 4.69) is 17.0 Å². The van der Waals surface area contributed by atoms with Gasteiger partial charge in [0.25, 0.3) is 0 Å². The van der Waals surface area contributed by atoms with Crippen LogP contribution in [0.25, 0.3) is 0 Å². The Kier molecular flexibility index (Phi) is 4.65. The highest BCUT2D eigenvalue weighted by Gasteiger charge is 2.26. The van der Waals surface area contributed by atoms with Crippen molar-refractivity contribution < 1.29 is 12.8 Å². The van der Waals surface area contributed by atoms with E-state index in [-0.39, 0.29) is 4.90 Å². The van der Waals surface area contributed by atoms with Crippen LogP contribution in [0.1, 0.15) is 37.7 Å². The quantitative estimate of drug-likeness (QED) is 0.715. The normalized spacial score (nSPS) is 15.9. The summed E-state index contributed by atoms with van der Waals surface area (Å²) in [6.45, 7) is 5.76. The van der Waals surface area contributed by atoms with Crippen LogP contribution in [0.3, 0.4) is 0 Å². The molecular formula is C13H22N2O3S. The molecule has 2 rings (SSSR count). The van der Waals surface area contributed by atoms with Crippen molar-refractivity contribution >= 4 is 10.0 Å². The molecule has 1 aromatic rings. The average Bonchev–Trinajstić information content (AvgIpc) is 3.10. The molecule has 1 fully saturated rings. The molecule has 1 aliphatic carbocycles. The van der Waals surface area contributed by atoms with E-state index in [9.17, 15) is 8.42 Å². The smallest absolute Gasteiger partial charge is 0.244 e. The summed E-state index contributed by atoms with van der Waals surface area (Å²) in [6, 6.07) is 1.62. The van der Waals surface area contributed by atoms with Crippen molar-refractivity contribution in [1.29, 1.82) is 0 Å². The van der Waals surface area contributed by atoms with Gasteiger partial charge in [0.15, 0.2) is 0 Å². The van der Waals surface area contributed by atoms with Crippen molar-refractivity contribution in [1.82, 2.24) is 10.0 Å². The summed E-state index contributed by atoms with van der Waals surface area (Å²) in [4.78, 5) is 0.265. The van der Waals surface area contributed by atoms with E-state index in [0.717, 1.165) is 25.8 Å². The molecule has 108 valence electrons. The first-order chi connectivity index (χ1) is 9.03. The summed E-state index contributed by atoms with van der Waals surface area (Å²) in [5.41, 5.74) is 0. The maximum atomic E-state index is 12.1. The fourth-order valence-corrected chi connectivity index (χ4v) is 3.21. The van der Waals surface area contributed by atoms with Crippen LogP contribution in [0, 0.1) is 12.8 Å². The minimum Gasteiger partial charge on any atom is -0.464 e. The van der Waals surface area contributed by atoms with Crippen molar-refractivity contribution in [3.63, 3.8) is 0 Å². The van der Waals surface area contributed by atoms with Crippen LogP contribution in [0.15, 0.2) is 15.4 Å². The Morgan fingerprint density at radius 3 is 2.79 bits per heavy atom. The second kappa shape index (κ2) is 6.07. The third-order valence-corrected chi connectivity index (χ3v) is 4.73. The van der Waals surface area contributed by atoms with Gasteiger partial charge in [0.2, 0.25) is 10.0 Å². The molecule has 0 radical (unpaired) electrons. The maximum Gasteiger partial charge on any atom is 0.244 e. The minimum atomic E-state index is -3.43. The summed E-state index contributed by atoms with van der Waals surface area (Å²) >= 11 is 0. The first kappa shape index (κ1) is 14.6. The van der Waals surface area contributed by atoms with E-state index >= 15 is 0 Å². The van der Waals surface area contributed by atoms with E-state index < -0.39 is 10.0 Å². The van der Waals surface area contributed by atoms with E-state index in [4.69, 9.17) is 4.42 Å². The second-order valence-corrected chi connectivity index (χ2v) is 6.84. The van der Waals surface area contributed by atoms with Crippen LogP contribution in [-0.4, -0.2) is 21.5 Å². The molecule has 0 amide bonds. The third-order valence-electron chi connectivity index (χ3n) is 3.20. The maximum absolute atomic E-state index is 12.1. The van der Waals surface area contributed by atoms with Crippen molar-refractivity contribution in [3.8, 4) is 0 Å². The zero-order chi connectivity index (χ0) is 13.9. The number of hydrogen-bond acceptors (Lipinski definition) is 4. The molecule has 0 spiro atoms. The summed E-state index contributed by atoms with van der Waals surface area (Å²) in [5, 5.41) is 3.19. The number of sulfonamides is 1. The number of aryl methyl sites for hydroxylation is 1. The molecule has 0 aromatic carbocycles. The van der Waals surface area contributed by atoms with E-state index in [0.29, 0.717) is 30.5 Å². The van der Waals surface area contributed by atoms with Crippen LogP contribution >= 0.6 is 0 Å². The molecule has 19 heavy (non-hydrogen) atoms. The van der Waals surface area contributed by atoms with Gasteiger partial charge in [-0.3, -0.25) is 0 Å². The van der Waals surface area contributed by atoms with Gasteiger partial charge < -0.3 is 9.73 Å². The highest BCUT2D eigenvalue weighted by molar-refractivity contribution is 7.89. The number of hydrogen-bond donors (Lipinski definition) is 2. The molecule has 1 saturated carbocycles. The number of furan rings is 1. The number of rotatable bonds is 8. The number of nitrogens with one attached hydrogen (secondary N) is 2. The van der Waals surface area contributed by atoms with Gasteiger partial charge in [-0.25, -0.2) is 13.1 Å². The van der Waals surface area contributed by atoms with Crippen LogP contribution in [0.4, 0.5) is 0 Å². The topological polar surface area (TPSA) is 71.3 Å². The Bertz CT molecular complexity index is 518. The van der Waals surface area contributed by atoms with Crippen LogP contribution in [0.2, 0.25) is 0 Å². The summed E-state index contributed by atoms with van der Waals surface area (Å²) in [5.74, 6) is 1.64. The molecule has 0 saturated heterocycles. The molecule has 1 heterocycles. The second-order valence-electron chi connectivity index (χ2n) is 5.11. The first-order valence-corrected chi connectivity index (χ1v) is 8.31. The first-order valence-electron chi connectivity index (χ1n) is 6.82. The largest absolute Gasteiger partial charge is 0.464 e. The molecular weight excluding hydrogens is 264 g/mol. The fourth-order valence-electron chi connectivity index (χ4n) is 1.89. The van der Waals surface area contributed by atoms with Gasteiger partial charge in [0.1, 0.15) is 16.4 Å². The molecule has 2 N–H and O–H groups in total. The Hall–Kier alpha value is -0.850. The summed E-state index contributed by atoms with van der Waals surface area (Å²) in [6.07, 6.45) is 3.28. The Balaban J connectivity index is 2.01. The van der Waals surface area contributed by atoms with Crippen LogP contribution in [-0.2, 0) is 16.6 Å². The summed E-state index contributed by atoms with van der Waals surface area (Å²) < 4.78 is 32.4. The summed E-state index contributed by atoms with van der Waals surface area (Å²) in [7, 11) is -3.43. The highest BCUT2D eigenvalue weighted by Crippen LogP contribution is 2.28. The molecule has 0 unspecified atom stereocenters. The van der Waals surface area contributed by atoms with Crippen LogP contribution in [0.5, 0.6) is 0 Å². The van der Waals surface area contributed by atoms with Crippen molar-refractivity contribution in [2.45, 2.75) is 44.6 Å². The molecule has 0 bridgehead atoms. The predicted molar refractivity (Wildman–Crippen MR) is 73.4 cm³/mol. The average molecular weight is 286 g/mol. The Morgan fingerprint density at radius 1 is 1.42 bits per heavy atom. The van der Waals surface area contributed by atoms with Gasteiger partial charge in [0, 0.05) is 12.6 Å². The van der Waals surface area contributed by atoms with E-state index in [1.54, 1.807) is 13.0 Å². The zero-order valence-electron chi connectivity index (χ0n) is 11.5. The van der Waals surface area contributed by atoms with Gasteiger partial charge in [-0.2, -0.15) is 0 Å². The Labute approximate surface area is 114 Å². The molecule has 1 aromatic heterocycles. The lowest BCUT2D eigenvalue weighted by Gasteiger charge is -2.03. The monoisotopic (exact) mass is 286 g/mol. The van der Waals surface area contributed by atoms with Crippen molar-refractivity contribution in [2.24, 2.45) is 5.92 Å². The Morgan fingerprint density at radius 2 is 2.16 bits per heavy atom. The lowest BCUT2D eigenvalue weighted by molar-refractivity contribution is 0.457. The highest BCUT2D eigenvalue weighted by atomic mass is 32.2. The van der Waals surface area contributed by atoms with Gasteiger partial charge in [0.05, 0.1) is 6.54 Å². The molecule has 0 aliphatic heterocycles. The van der Waals surface area contributed by atoms with Crippen molar-refractivity contribution in [2.75, 3.05) is 13.1 Å². The van der Waals surface area contributed by atoms with Crippen LogP contribution < -0.4 is 10.0 Å². The van der Waals surface area contributed by atoms with Gasteiger partial charge >= 0.3 is 0 Å². The SMILES string of the molecule is CCCNCc1cc(S(=O)(=O)NCC2CC2)c(C)o1. The van der Waals surface area contributed by atoms with E-state index in [1.165, 1.54) is 0 Å². The fraction of sp³-hybridized carbons (Fsp3) is 0.692. The van der Waals surface area contributed by atoms with Crippen molar-refractivity contribution in [3.05, 3.63) is 17.6 Å². The molecule has 1 aliphatic rings. The third kappa shape index (κ3) is 4.06. The molecule has 5 nitrogen and oxygen atoms in total. The standard InChI is InChI=1S/C13H22N2O3S/c1-3-6-14-9-12-7-13(10(2)18-12)19(16,17)15-8-11-4-5-11/h7,11,14-15H,3-6,8-9H2,1-2H3. The predicted octanol–water partition coefficient (Wildman–Crippen LogP) is 1.78. The molecule has 0 atom stereocenters. The van der Waals surface area contributed by atoms with Gasteiger partial charge in [-0.05, 0) is 38.6 Å².